The summed E-state index contributed by atoms with van der Waals surface area (Å²) < 4.78 is 5.02. The van der Waals surface area contributed by atoms with E-state index in [1.165, 1.54) is 0 Å². The van der Waals surface area contributed by atoms with Gasteiger partial charge in [-0.3, -0.25) is 9.69 Å². The third-order valence-corrected chi connectivity index (χ3v) is 4.16. The Hall–Kier alpha value is -1.63. The average molecular weight is 322 g/mol. The van der Waals surface area contributed by atoms with Crippen molar-refractivity contribution >= 4 is 5.91 Å². The molecule has 0 aromatic heterocycles. The van der Waals surface area contributed by atoms with Gasteiger partial charge in [0.1, 0.15) is 5.75 Å². The molecule has 2 rings (SSSR count). The fraction of sp³-hybridized carbons (Fsp3) is 0.588. The Morgan fingerprint density at radius 1 is 1.43 bits per heavy atom. The first-order valence-corrected chi connectivity index (χ1v) is 7.92. The van der Waals surface area contributed by atoms with Gasteiger partial charge in [-0.1, -0.05) is 12.1 Å². The van der Waals surface area contributed by atoms with Crippen LogP contribution in [-0.4, -0.2) is 71.9 Å². The number of phenolic OH excluding ortho intramolecular Hbond substituents is 1. The van der Waals surface area contributed by atoms with Gasteiger partial charge < -0.3 is 19.8 Å². The molecule has 0 radical (unpaired) electrons. The van der Waals surface area contributed by atoms with Gasteiger partial charge in [-0.25, -0.2) is 0 Å². The summed E-state index contributed by atoms with van der Waals surface area (Å²) in [6.45, 7) is 2.47. The Morgan fingerprint density at radius 2 is 2.22 bits per heavy atom. The summed E-state index contributed by atoms with van der Waals surface area (Å²) in [5.41, 5.74) is -0.409. The fourth-order valence-electron chi connectivity index (χ4n) is 3.10. The van der Waals surface area contributed by atoms with E-state index in [9.17, 15) is 15.0 Å². The van der Waals surface area contributed by atoms with E-state index >= 15 is 0 Å². The van der Waals surface area contributed by atoms with Crippen LogP contribution in [0.25, 0.3) is 0 Å². The molecule has 1 saturated heterocycles. The van der Waals surface area contributed by atoms with Crippen LogP contribution in [0, 0.1) is 0 Å². The molecule has 1 aliphatic heterocycles. The normalized spacial score (nSPS) is 21.9. The van der Waals surface area contributed by atoms with Gasteiger partial charge in [0.25, 0.3) is 5.91 Å². The Bertz CT molecular complexity index is 537. The number of hydrogen-bond donors (Lipinski definition) is 2. The molecule has 1 amide bonds. The third-order valence-electron chi connectivity index (χ3n) is 4.16. The molecule has 0 saturated carbocycles. The maximum absolute atomic E-state index is 12.5. The summed E-state index contributed by atoms with van der Waals surface area (Å²) in [5, 5.41) is 20.3. The van der Waals surface area contributed by atoms with E-state index in [-0.39, 0.29) is 18.2 Å². The minimum absolute atomic E-state index is 0.217. The number of aliphatic hydroxyl groups is 1. The summed E-state index contributed by atoms with van der Waals surface area (Å²) >= 11 is 0. The van der Waals surface area contributed by atoms with Gasteiger partial charge in [0.2, 0.25) is 0 Å². The highest BCUT2D eigenvalue weighted by Crippen LogP contribution is 2.24. The van der Waals surface area contributed by atoms with Crippen LogP contribution in [0.3, 0.4) is 0 Å². The number of amides is 1. The molecule has 0 unspecified atom stereocenters. The van der Waals surface area contributed by atoms with Gasteiger partial charge in [-0.15, -0.1) is 0 Å². The van der Waals surface area contributed by atoms with Crippen molar-refractivity contribution in [3.63, 3.8) is 0 Å². The molecule has 1 aromatic rings. The zero-order valence-electron chi connectivity index (χ0n) is 13.9. The van der Waals surface area contributed by atoms with E-state index in [0.717, 1.165) is 12.0 Å². The smallest absolute Gasteiger partial charge is 0.255 e. The summed E-state index contributed by atoms with van der Waals surface area (Å²) in [6.07, 6.45) is 1.26. The predicted octanol–water partition coefficient (Wildman–Crippen LogP) is 0.824. The molecule has 1 heterocycles. The Balaban J connectivity index is 1.97. The second kappa shape index (κ2) is 7.77. The average Bonchev–Trinajstić information content (AvgIpc) is 2.49. The monoisotopic (exact) mass is 322 g/mol. The van der Waals surface area contributed by atoms with Crippen LogP contribution in [0.15, 0.2) is 24.3 Å². The first kappa shape index (κ1) is 17.7. The summed E-state index contributed by atoms with van der Waals surface area (Å²) in [4.78, 5) is 16.1. The quantitative estimate of drug-likeness (QED) is 0.778. The molecule has 1 aliphatic rings. The lowest BCUT2D eigenvalue weighted by molar-refractivity contribution is -0.159. The summed E-state index contributed by atoms with van der Waals surface area (Å²) in [6, 6.07) is 7.00. The number of aromatic hydroxyl groups is 1. The molecule has 6 nitrogen and oxygen atoms in total. The number of nitrogens with zero attached hydrogens (tertiary/aromatic N) is 2. The minimum atomic E-state index is -1.35. The number of hydrogen-bond acceptors (Lipinski definition) is 5. The van der Waals surface area contributed by atoms with Crippen molar-refractivity contribution in [1.29, 1.82) is 0 Å². The molecule has 1 fully saturated rings. The van der Waals surface area contributed by atoms with Crippen molar-refractivity contribution in [2.45, 2.75) is 25.0 Å². The molecule has 1 aromatic carbocycles. The molecule has 1 atom stereocenters. The van der Waals surface area contributed by atoms with Crippen LogP contribution in [0.1, 0.15) is 18.4 Å². The van der Waals surface area contributed by atoms with Gasteiger partial charge in [-0.2, -0.15) is 0 Å². The summed E-state index contributed by atoms with van der Waals surface area (Å²) in [5.74, 6) is -0.00217. The van der Waals surface area contributed by atoms with Crippen LogP contribution in [0.4, 0.5) is 0 Å². The van der Waals surface area contributed by atoms with Crippen molar-refractivity contribution in [3.05, 3.63) is 29.8 Å². The van der Waals surface area contributed by atoms with E-state index in [0.29, 0.717) is 32.7 Å². The largest absolute Gasteiger partial charge is 0.508 e. The number of carbonyl (C=O) groups excluding carboxylic acids is 1. The van der Waals surface area contributed by atoms with Crippen molar-refractivity contribution in [1.82, 2.24) is 9.80 Å². The van der Waals surface area contributed by atoms with E-state index in [1.807, 2.05) is 18.0 Å². The van der Waals surface area contributed by atoms with Crippen molar-refractivity contribution in [2.24, 2.45) is 0 Å². The van der Waals surface area contributed by atoms with Crippen molar-refractivity contribution < 1.29 is 19.7 Å². The molecule has 23 heavy (non-hydrogen) atoms. The SMILES string of the molecule is COCCN1CCC[C@](O)(CN(C)Cc2cccc(O)c2)C1=O. The maximum atomic E-state index is 12.5. The predicted molar refractivity (Wildman–Crippen MR) is 87.1 cm³/mol. The Kier molecular flexibility index (Phi) is 5.98. The standard InChI is InChI=1S/C17H26N2O4/c1-18(12-14-5-3-6-15(20)11-14)13-17(22)7-4-8-19(16(17)21)9-10-23-2/h3,5-6,11,20,22H,4,7-10,12-13H2,1-2H3/t17-/m0/s1. The topological polar surface area (TPSA) is 73.2 Å². The van der Waals surface area contributed by atoms with Crippen LogP contribution < -0.4 is 0 Å². The highest BCUT2D eigenvalue weighted by atomic mass is 16.5. The van der Waals surface area contributed by atoms with Crippen molar-refractivity contribution in [3.8, 4) is 5.75 Å². The second-order valence-electron chi connectivity index (χ2n) is 6.26. The van der Waals surface area contributed by atoms with Gasteiger partial charge in [-0.05, 0) is 37.6 Å². The lowest BCUT2D eigenvalue weighted by Gasteiger charge is -2.40. The molecule has 0 aliphatic carbocycles. The zero-order valence-corrected chi connectivity index (χ0v) is 13.9. The van der Waals surface area contributed by atoms with Gasteiger partial charge in [0, 0.05) is 33.3 Å². The fourth-order valence-corrected chi connectivity index (χ4v) is 3.10. The highest BCUT2D eigenvalue weighted by molar-refractivity contribution is 5.86. The summed E-state index contributed by atoms with van der Waals surface area (Å²) in [7, 11) is 3.47. The van der Waals surface area contributed by atoms with Crippen molar-refractivity contribution in [2.75, 3.05) is 40.4 Å². The Morgan fingerprint density at radius 3 is 2.91 bits per heavy atom. The number of likely N-dealkylation sites (N-methyl/N-ethyl adjacent to an activating group) is 1. The molecule has 0 spiro atoms. The maximum Gasteiger partial charge on any atom is 0.255 e. The number of piperidine rings is 1. The molecular weight excluding hydrogens is 296 g/mol. The van der Waals surface area contributed by atoms with Gasteiger partial charge in [0.15, 0.2) is 5.60 Å². The highest BCUT2D eigenvalue weighted by Gasteiger charge is 2.42. The van der Waals surface area contributed by atoms with Gasteiger partial charge in [0.05, 0.1) is 6.61 Å². The third kappa shape index (κ3) is 4.67. The lowest BCUT2D eigenvalue weighted by Crippen LogP contribution is -2.58. The van der Waals surface area contributed by atoms with Crippen LogP contribution in [0.5, 0.6) is 5.75 Å². The lowest BCUT2D eigenvalue weighted by atomic mass is 9.91. The number of phenols is 1. The molecular formula is C17H26N2O4. The number of rotatable bonds is 7. The molecule has 128 valence electrons. The van der Waals surface area contributed by atoms with E-state index in [1.54, 1.807) is 30.2 Å². The Labute approximate surface area is 137 Å². The van der Waals surface area contributed by atoms with Crippen LogP contribution in [-0.2, 0) is 16.1 Å². The number of benzene rings is 1. The number of ether oxygens (including phenoxy) is 1. The number of carbonyl (C=O) groups is 1. The van der Waals surface area contributed by atoms with Crippen LogP contribution >= 0.6 is 0 Å². The van der Waals surface area contributed by atoms with E-state index in [2.05, 4.69) is 0 Å². The molecule has 6 heteroatoms. The number of methoxy groups -OCH3 is 1. The first-order chi connectivity index (χ1) is 10.9. The first-order valence-electron chi connectivity index (χ1n) is 7.92. The second-order valence-corrected chi connectivity index (χ2v) is 6.26. The van der Waals surface area contributed by atoms with E-state index in [4.69, 9.17) is 4.74 Å². The van der Waals surface area contributed by atoms with Gasteiger partial charge >= 0.3 is 0 Å². The minimum Gasteiger partial charge on any atom is -0.508 e. The number of likely N-dealkylation sites (tertiary alicyclic amines) is 1. The zero-order chi connectivity index (χ0) is 16.9. The van der Waals surface area contributed by atoms with E-state index < -0.39 is 5.60 Å². The molecule has 2 N–H and O–H groups in total. The molecule has 0 bridgehead atoms. The van der Waals surface area contributed by atoms with Crippen LogP contribution in [0.2, 0.25) is 0 Å².